The van der Waals surface area contributed by atoms with Crippen LogP contribution in [-0.4, -0.2) is 28.3 Å². The van der Waals surface area contributed by atoms with E-state index in [1.165, 1.54) is 59.7 Å². The number of aromatic nitrogens is 3. The van der Waals surface area contributed by atoms with Crippen molar-refractivity contribution in [2.24, 2.45) is 0 Å². The highest BCUT2D eigenvalue weighted by atomic mass is 32.2. The van der Waals surface area contributed by atoms with Crippen molar-refractivity contribution in [3.63, 3.8) is 0 Å². The number of fused-ring (bicyclic) bond motifs is 1. The second-order valence-corrected chi connectivity index (χ2v) is 8.17. The maximum absolute atomic E-state index is 12.8. The number of aromatic hydroxyl groups is 1. The molecule has 1 N–H and O–H groups in total. The van der Waals surface area contributed by atoms with Gasteiger partial charge in [0.2, 0.25) is 9.84 Å². The Bertz CT molecular complexity index is 1330. The van der Waals surface area contributed by atoms with Crippen molar-refractivity contribution in [2.75, 3.05) is 0 Å². The van der Waals surface area contributed by atoms with Crippen molar-refractivity contribution >= 4 is 20.6 Å². The SMILES string of the molecule is O=c1c2ccc(S(=O)(=O)c3ccccc3)cc2cnn1Cc1cncc(O)c1. The molecule has 0 radical (unpaired) electrons. The van der Waals surface area contributed by atoms with E-state index < -0.39 is 9.84 Å². The van der Waals surface area contributed by atoms with Gasteiger partial charge in [0.25, 0.3) is 5.56 Å². The summed E-state index contributed by atoms with van der Waals surface area (Å²) in [5.41, 5.74) is 0.265. The van der Waals surface area contributed by atoms with Gasteiger partial charge in [-0.05, 0) is 42.0 Å². The van der Waals surface area contributed by atoms with Crippen LogP contribution in [0.15, 0.2) is 87.8 Å². The molecule has 4 aromatic rings. The molecule has 0 amide bonds. The molecule has 0 saturated heterocycles. The number of hydrogen-bond acceptors (Lipinski definition) is 6. The lowest BCUT2D eigenvalue weighted by molar-refractivity contribution is 0.471. The van der Waals surface area contributed by atoms with E-state index in [0.717, 1.165) is 0 Å². The van der Waals surface area contributed by atoms with Crippen LogP contribution in [0, 0.1) is 0 Å². The van der Waals surface area contributed by atoms with Gasteiger partial charge in [0, 0.05) is 11.6 Å². The summed E-state index contributed by atoms with van der Waals surface area (Å²) in [5.74, 6) is 0.00194. The third-order valence-electron chi connectivity index (χ3n) is 4.30. The Hall–Kier alpha value is -3.52. The van der Waals surface area contributed by atoms with Crippen LogP contribution in [-0.2, 0) is 16.4 Å². The van der Waals surface area contributed by atoms with Gasteiger partial charge in [0.05, 0.1) is 34.1 Å². The van der Waals surface area contributed by atoms with Crippen molar-refractivity contribution in [1.82, 2.24) is 14.8 Å². The van der Waals surface area contributed by atoms with Crippen LogP contribution in [0.5, 0.6) is 5.75 Å². The number of pyridine rings is 1. The van der Waals surface area contributed by atoms with E-state index in [9.17, 15) is 18.3 Å². The Kier molecular flexibility index (Phi) is 4.40. The third-order valence-corrected chi connectivity index (χ3v) is 6.07. The van der Waals surface area contributed by atoms with Gasteiger partial charge in [-0.15, -0.1) is 0 Å². The Morgan fingerprint density at radius 3 is 2.46 bits per heavy atom. The van der Waals surface area contributed by atoms with Crippen molar-refractivity contribution in [2.45, 2.75) is 16.3 Å². The number of benzene rings is 2. The van der Waals surface area contributed by atoms with E-state index in [-0.39, 0.29) is 27.6 Å². The molecule has 0 fully saturated rings. The molecule has 0 bridgehead atoms. The summed E-state index contributed by atoms with van der Waals surface area (Å²) >= 11 is 0. The maximum atomic E-state index is 12.8. The number of hydrogen-bond donors (Lipinski definition) is 1. The van der Waals surface area contributed by atoms with Gasteiger partial charge in [-0.1, -0.05) is 18.2 Å². The second-order valence-electron chi connectivity index (χ2n) is 6.22. The minimum absolute atomic E-state index is 0.00194. The smallest absolute Gasteiger partial charge is 0.274 e. The molecular weight excluding hydrogens is 378 g/mol. The molecule has 140 valence electrons. The zero-order chi connectivity index (χ0) is 19.7. The van der Waals surface area contributed by atoms with Crippen LogP contribution in [0.3, 0.4) is 0 Å². The molecule has 28 heavy (non-hydrogen) atoms. The molecule has 0 spiro atoms. The van der Waals surface area contributed by atoms with Crippen molar-refractivity contribution in [3.8, 4) is 5.75 Å². The second kappa shape index (κ2) is 6.90. The van der Waals surface area contributed by atoms with Crippen LogP contribution in [0.1, 0.15) is 5.56 Å². The molecule has 8 heteroatoms. The van der Waals surface area contributed by atoms with E-state index in [2.05, 4.69) is 10.1 Å². The highest BCUT2D eigenvalue weighted by molar-refractivity contribution is 7.91. The number of rotatable bonds is 4. The topological polar surface area (TPSA) is 102 Å². The Labute approximate surface area is 160 Å². The first-order valence-electron chi connectivity index (χ1n) is 8.38. The molecule has 7 nitrogen and oxygen atoms in total. The summed E-state index contributed by atoms with van der Waals surface area (Å²) in [4.78, 5) is 16.9. The van der Waals surface area contributed by atoms with Gasteiger partial charge < -0.3 is 5.11 Å². The predicted octanol–water partition coefficient (Wildman–Crippen LogP) is 2.38. The van der Waals surface area contributed by atoms with Crippen LogP contribution in [0.4, 0.5) is 0 Å². The molecule has 2 heterocycles. The molecule has 0 aliphatic rings. The van der Waals surface area contributed by atoms with Crippen LogP contribution in [0.2, 0.25) is 0 Å². The Morgan fingerprint density at radius 1 is 0.929 bits per heavy atom. The Balaban J connectivity index is 1.75. The Morgan fingerprint density at radius 2 is 1.71 bits per heavy atom. The molecule has 0 unspecified atom stereocenters. The average molecular weight is 393 g/mol. The molecule has 0 aliphatic carbocycles. The summed E-state index contributed by atoms with van der Waals surface area (Å²) < 4.78 is 26.8. The summed E-state index contributed by atoms with van der Waals surface area (Å²) in [7, 11) is -3.68. The minimum Gasteiger partial charge on any atom is -0.506 e. The number of sulfone groups is 1. The highest BCUT2D eigenvalue weighted by Gasteiger charge is 2.18. The van der Waals surface area contributed by atoms with Crippen LogP contribution < -0.4 is 5.56 Å². The van der Waals surface area contributed by atoms with E-state index in [1.807, 2.05) is 0 Å². The molecule has 0 aliphatic heterocycles. The summed E-state index contributed by atoms with van der Waals surface area (Å²) in [6.45, 7) is 0.139. The van der Waals surface area contributed by atoms with Gasteiger partial charge in [0.1, 0.15) is 5.75 Å². The van der Waals surface area contributed by atoms with E-state index in [1.54, 1.807) is 18.2 Å². The highest BCUT2D eigenvalue weighted by Crippen LogP contribution is 2.23. The summed E-state index contributed by atoms with van der Waals surface area (Å²) in [5, 5.41) is 14.4. The average Bonchev–Trinajstić information content (AvgIpc) is 2.70. The van der Waals surface area contributed by atoms with Crippen molar-refractivity contribution in [3.05, 3.63) is 89.1 Å². The third kappa shape index (κ3) is 3.25. The fourth-order valence-electron chi connectivity index (χ4n) is 2.91. The summed E-state index contributed by atoms with van der Waals surface area (Å²) in [6.07, 6.45) is 4.29. The zero-order valence-electron chi connectivity index (χ0n) is 14.6. The van der Waals surface area contributed by atoms with Gasteiger partial charge >= 0.3 is 0 Å². The molecule has 2 aromatic carbocycles. The van der Waals surface area contributed by atoms with Crippen LogP contribution in [0.25, 0.3) is 10.8 Å². The van der Waals surface area contributed by atoms with Gasteiger partial charge in [-0.3, -0.25) is 9.78 Å². The van der Waals surface area contributed by atoms with Gasteiger partial charge in [-0.25, -0.2) is 13.1 Å². The van der Waals surface area contributed by atoms with Gasteiger partial charge in [0.15, 0.2) is 0 Å². The van der Waals surface area contributed by atoms with Crippen molar-refractivity contribution in [1.29, 1.82) is 0 Å². The zero-order valence-corrected chi connectivity index (χ0v) is 15.4. The lowest BCUT2D eigenvalue weighted by atomic mass is 10.2. The van der Waals surface area contributed by atoms with E-state index >= 15 is 0 Å². The first-order valence-corrected chi connectivity index (χ1v) is 9.86. The number of nitrogens with zero attached hydrogens (tertiary/aromatic N) is 3. The van der Waals surface area contributed by atoms with Crippen LogP contribution >= 0.6 is 0 Å². The lowest BCUT2D eigenvalue weighted by Crippen LogP contribution is -2.23. The first-order chi connectivity index (χ1) is 13.4. The minimum atomic E-state index is -3.68. The van der Waals surface area contributed by atoms with Crippen molar-refractivity contribution < 1.29 is 13.5 Å². The lowest BCUT2D eigenvalue weighted by Gasteiger charge is -2.08. The monoisotopic (exact) mass is 393 g/mol. The molecular formula is C20H15N3O4S. The van der Waals surface area contributed by atoms with E-state index in [0.29, 0.717) is 16.3 Å². The molecule has 0 atom stereocenters. The molecule has 0 saturated carbocycles. The summed E-state index contributed by atoms with van der Waals surface area (Å²) in [6, 6.07) is 14.0. The standard InChI is InChI=1S/C20H15N3O4S/c24-16-8-14(10-21-12-16)13-23-20(25)19-7-6-18(9-15(19)11-22-23)28(26,27)17-4-2-1-3-5-17/h1-12,24H,13H2. The normalized spacial score (nSPS) is 11.6. The van der Waals surface area contributed by atoms with E-state index in [4.69, 9.17) is 0 Å². The molecule has 4 rings (SSSR count). The first kappa shape index (κ1) is 17.9. The largest absolute Gasteiger partial charge is 0.506 e. The van der Waals surface area contributed by atoms with Gasteiger partial charge in [-0.2, -0.15) is 5.10 Å². The maximum Gasteiger partial charge on any atom is 0.274 e. The quantitative estimate of drug-likeness (QED) is 0.571. The molecule has 2 aromatic heterocycles. The predicted molar refractivity (Wildman–Crippen MR) is 103 cm³/mol. The fraction of sp³-hybridized carbons (Fsp3) is 0.0500. The fourth-order valence-corrected chi connectivity index (χ4v) is 4.23.